The smallest absolute Gasteiger partial charge is 0.243 e. The van der Waals surface area contributed by atoms with Gasteiger partial charge in [0, 0.05) is 6.07 Å². The van der Waals surface area contributed by atoms with Gasteiger partial charge in [-0.05, 0) is 25.3 Å². The van der Waals surface area contributed by atoms with Gasteiger partial charge in [-0.15, -0.1) is 0 Å². The van der Waals surface area contributed by atoms with Crippen LogP contribution in [0.3, 0.4) is 0 Å². The summed E-state index contributed by atoms with van der Waals surface area (Å²) in [4.78, 5) is 11.8. The molecule has 0 aliphatic carbocycles. The van der Waals surface area contributed by atoms with E-state index in [-0.39, 0.29) is 5.91 Å². The Morgan fingerprint density at radius 3 is 2.79 bits per heavy atom. The first-order valence-electron chi connectivity index (χ1n) is 6.19. The van der Waals surface area contributed by atoms with Crippen LogP contribution in [0.2, 0.25) is 0 Å². The second-order valence-corrected chi connectivity index (χ2v) is 4.45. The number of rotatable bonds is 5. The normalized spacial score (nSPS) is 12.1. The average molecular weight is 259 g/mol. The summed E-state index contributed by atoms with van der Waals surface area (Å²) in [5, 5.41) is 6.30. The van der Waals surface area contributed by atoms with Crippen LogP contribution < -0.4 is 11.1 Å². The van der Waals surface area contributed by atoms with Crippen LogP contribution in [0, 0.1) is 6.92 Å². The monoisotopic (exact) mass is 259 g/mol. The number of carbonyl (C=O) groups is 1. The van der Waals surface area contributed by atoms with Crippen molar-refractivity contribution in [3.05, 3.63) is 47.7 Å². The van der Waals surface area contributed by atoms with Crippen LogP contribution in [0.25, 0.3) is 0 Å². The second-order valence-electron chi connectivity index (χ2n) is 4.45. The maximum absolute atomic E-state index is 11.8. The van der Waals surface area contributed by atoms with Gasteiger partial charge in [0.05, 0.1) is 11.7 Å². The molecule has 0 aliphatic rings. The van der Waals surface area contributed by atoms with E-state index >= 15 is 0 Å². The molecule has 19 heavy (non-hydrogen) atoms. The summed E-state index contributed by atoms with van der Waals surface area (Å²) in [7, 11) is 0. The molecule has 1 aromatic carbocycles. The van der Waals surface area contributed by atoms with Gasteiger partial charge in [0.25, 0.3) is 0 Å². The highest BCUT2D eigenvalue weighted by atomic mass is 16.5. The lowest BCUT2D eigenvalue weighted by molar-refractivity contribution is -0.117. The van der Waals surface area contributed by atoms with Gasteiger partial charge in [-0.1, -0.05) is 35.5 Å². The van der Waals surface area contributed by atoms with Crippen LogP contribution in [0.4, 0.5) is 5.88 Å². The SMILES string of the molecule is Cc1cc(NC(=O)[C@@H](N)CCc2ccccc2)on1. The Morgan fingerprint density at radius 1 is 1.42 bits per heavy atom. The standard InChI is InChI=1S/C14H17N3O2/c1-10-9-13(19-17-10)16-14(18)12(15)8-7-11-5-3-2-4-6-11/h2-6,9,12H,7-8,15H2,1H3,(H,16,18)/t12-/m0/s1. The van der Waals surface area contributed by atoms with Crippen molar-refractivity contribution in [2.24, 2.45) is 5.73 Å². The molecule has 2 aromatic rings. The molecule has 3 N–H and O–H groups in total. The molecular formula is C14H17N3O2. The zero-order valence-electron chi connectivity index (χ0n) is 10.8. The summed E-state index contributed by atoms with van der Waals surface area (Å²) in [6.45, 7) is 1.79. The number of nitrogens with two attached hydrogens (primary N) is 1. The molecule has 2 rings (SSSR count). The summed E-state index contributed by atoms with van der Waals surface area (Å²) < 4.78 is 4.91. The number of amides is 1. The molecule has 0 bridgehead atoms. The number of nitrogens with one attached hydrogen (secondary N) is 1. The summed E-state index contributed by atoms with van der Waals surface area (Å²) in [5.41, 5.74) is 7.73. The molecule has 1 aromatic heterocycles. The van der Waals surface area contributed by atoms with Crippen molar-refractivity contribution in [1.82, 2.24) is 5.16 Å². The molecule has 0 saturated carbocycles. The van der Waals surface area contributed by atoms with E-state index in [0.717, 1.165) is 6.42 Å². The van der Waals surface area contributed by atoms with Gasteiger partial charge >= 0.3 is 0 Å². The van der Waals surface area contributed by atoms with E-state index in [9.17, 15) is 4.79 Å². The minimum absolute atomic E-state index is 0.257. The van der Waals surface area contributed by atoms with Gasteiger partial charge < -0.3 is 10.3 Å². The minimum Gasteiger partial charge on any atom is -0.338 e. The Balaban J connectivity index is 1.82. The van der Waals surface area contributed by atoms with Crippen molar-refractivity contribution in [3.63, 3.8) is 0 Å². The fourth-order valence-electron chi connectivity index (χ4n) is 1.73. The molecule has 0 saturated heterocycles. The molecule has 1 heterocycles. The Kier molecular flexibility index (Phi) is 4.30. The number of aromatic nitrogens is 1. The van der Waals surface area contributed by atoms with Crippen molar-refractivity contribution in [2.75, 3.05) is 5.32 Å². The van der Waals surface area contributed by atoms with Gasteiger partial charge in [0.15, 0.2) is 0 Å². The number of anilines is 1. The zero-order valence-corrected chi connectivity index (χ0v) is 10.8. The zero-order chi connectivity index (χ0) is 13.7. The van der Waals surface area contributed by atoms with Gasteiger partial charge in [-0.3, -0.25) is 10.1 Å². The van der Waals surface area contributed by atoms with E-state index in [4.69, 9.17) is 10.3 Å². The van der Waals surface area contributed by atoms with Gasteiger partial charge in [-0.2, -0.15) is 0 Å². The maximum Gasteiger partial charge on any atom is 0.243 e. The molecule has 100 valence electrons. The first-order chi connectivity index (χ1) is 9.15. The van der Waals surface area contributed by atoms with E-state index in [2.05, 4.69) is 10.5 Å². The molecule has 0 unspecified atom stereocenters. The Bertz CT molecular complexity index is 537. The fourth-order valence-corrected chi connectivity index (χ4v) is 1.73. The highest BCUT2D eigenvalue weighted by Gasteiger charge is 2.15. The lowest BCUT2D eigenvalue weighted by Gasteiger charge is -2.10. The number of carbonyl (C=O) groups excluding carboxylic acids is 1. The van der Waals surface area contributed by atoms with E-state index in [1.165, 1.54) is 5.56 Å². The van der Waals surface area contributed by atoms with E-state index in [1.807, 2.05) is 30.3 Å². The third kappa shape index (κ3) is 3.93. The van der Waals surface area contributed by atoms with Gasteiger partial charge in [0.2, 0.25) is 11.8 Å². The minimum atomic E-state index is -0.564. The van der Waals surface area contributed by atoms with E-state index in [0.29, 0.717) is 18.0 Å². The molecule has 1 atom stereocenters. The molecule has 0 spiro atoms. The number of nitrogens with zero attached hydrogens (tertiary/aromatic N) is 1. The highest BCUT2D eigenvalue weighted by molar-refractivity contribution is 5.93. The molecule has 0 fully saturated rings. The summed E-state index contributed by atoms with van der Waals surface area (Å²) in [5.74, 6) is 0.0738. The van der Waals surface area contributed by atoms with Crippen molar-refractivity contribution in [3.8, 4) is 0 Å². The number of aryl methyl sites for hydroxylation is 2. The fraction of sp³-hybridized carbons (Fsp3) is 0.286. The topological polar surface area (TPSA) is 81.2 Å². The van der Waals surface area contributed by atoms with Crippen LogP contribution in [-0.4, -0.2) is 17.1 Å². The van der Waals surface area contributed by atoms with Crippen molar-refractivity contribution >= 4 is 11.8 Å². The van der Waals surface area contributed by atoms with E-state index < -0.39 is 6.04 Å². The molecule has 0 radical (unpaired) electrons. The van der Waals surface area contributed by atoms with Gasteiger partial charge in [-0.25, -0.2) is 0 Å². The van der Waals surface area contributed by atoms with Crippen molar-refractivity contribution in [1.29, 1.82) is 0 Å². The van der Waals surface area contributed by atoms with Gasteiger partial charge in [0.1, 0.15) is 0 Å². The third-order valence-corrected chi connectivity index (χ3v) is 2.80. The quantitative estimate of drug-likeness (QED) is 0.859. The van der Waals surface area contributed by atoms with Crippen LogP contribution in [0.5, 0.6) is 0 Å². The lowest BCUT2D eigenvalue weighted by Crippen LogP contribution is -2.35. The largest absolute Gasteiger partial charge is 0.338 e. The first kappa shape index (κ1) is 13.3. The molecule has 1 amide bonds. The summed E-state index contributed by atoms with van der Waals surface area (Å²) >= 11 is 0. The first-order valence-corrected chi connectivity index (χ1v) is 6.19. The highest BCUT2D eigenvalue weighted by Crippen LogP contribution is 2.10. The second kappa shape index (κ2) is 6.15. The Labute approximate surface area is 111 Å². The van der Waals surface area contributed by atoms with Crippen LogP contribution in [0.15, 0.2) is 40.9 Å². The molecule has 5 nitrogen and oxygen atoms in total. The third-order valence-electron chi connectivity index (χ3n) is 2.80. The Hall–Kier alpha value is -2.14. The lowest BCUT2D eigenvalue weighted by atomic mass is 10.1. The predicted molar refractivity (Wildman–Crippen MR) is 72.6 cm³/mol. The summed E-state index contributed by atoms with van der Waals surface area (Å²) in [6, 6.07) is 11.0. The summed E-state index contributed by atoms with van der Waals surface area (Å²) in [6.07, 6.45) is 1.35. The van der Waals surface area contributed by atoms with E-state index in [1.54, 1.807) is 13.0 Å². The van der Waals surface area contributed by atoms with Crippen molar-refractivity contribution in [2.45, 2.75) is 25.8 Å². The Morgan fingerprint density at radius 2 is 2.16 bits per heavy atom. The average Bonchev–Trinajstić information content (AvgIpc) is 2.82. The molecular weight excluding hydrogens is 242 g/mol. The number of hydrogen-bond donors (Lipinski definition) is 2. The number of benzene rings is 1. The molecule has 0 aliphatic heterocycles. The predicted octanol–water partition coefficient (Wildman–Crippen LogP) is 1.88. The van der Waals surface area contributed by atoms with Crippen LogP contribution >= 0.6 is 0 Å². The van der Waals surface area contributed by atoms with Crippen LogP contribution in [0.1, 0.15) is 17.7 Å². The van der Waals surface area contributed by atoms with Crippen molar-refractivity contribution < 1.29 is 9.32 Å². The molecule has 5 heteroatoms. The number of hydrogen-bond acceptors (Lipinski definition) is 4. The maximum atomic E-state index is 11.8. The van der Waals surface area contributed by atoms with Crippen LogP contribution in [-0.2, 0) is 11.2 Å².